The number of imide groups is 1. The summed E-state index contributed by atoms with van der Waals surface area (Å²) in [5.74, 6) is -1.17. The highest BCUT2D eigenvalue weighted by Gasteiger charge is 2.39. The van der Waals surface area contributed by atoms with Crippen molar-refractivity contribution in [2.45, 2.75) is 25.4 Å². The van der Waals surface area contributed by atoms with Crippen LogP contribution in [0.4, 0.5) is 0 Å². The van der Waals surface area contributed by atoms with Crippen molar-refractivity contribution in [3.8, 4) is 0 Å². The summed E-state index contributed by atoms with van der Waals surface area (Å²) in [6.45, 7) is 0.248. The fourth-order valence-electron chi connectivity index (χ4n) is 3.39. The maximum absolute atomic E-state index is 12.6. The fourth-order valence-corrected chi connectivity index (χ4v) is 3.39. The predicted molar refractivity (Wildman–Crippen MR) is 90.2 cm³/mol. The summed E-state index contributed by atoms with van der Waals surface area (Å²) >= 11 is 0. The molecule has 2 aliphatic heterocycles. The van der Waals surface area contributed by atoms with Crippen molar-refractivity contribution in [2.24, 2.45) is 0 Å². The number of fused-ring (bicyclic) bond motifs is 1. The number of nitrogens with one attached hydrogen (secondary N) is 1. The standard InChI is InChI=1S/C19H15N3O4/c23-16-4-3-15(18(25)21-16)22-10-13-9-12(1-2-14(13)19(22)26)17(24)11-5-7-20-8-6-11/h1-2,5-9,15H,3-4,10H2,(H,21,23,25). The summed E-state index contributed by atoms with van der Waals surface area (Å²) in [6.07, 6.45) is 3.62. The summed E-state index contributed by atoms with van der Waals surface area (Å²) in [7, 11) is 0. The highest BCUT2D eigenvalue weighted by Crippen LogP contribution is 2.28. The van der Waals surface area contributed by atoms with E-state index in [1.54, 1.807) is 42.7 Å². The smallest absolute Gasteiger partial charge is 0.255 e. The number of nitrogens with zero attached hydrogens (tertiary/aromatic N) is 2. The van der Waals surface area contributed by atoms with E-state index in [-0.39, 0.29) is 30.6 Å². The third-order valence-corrected chi connectivity index (χ3v) is 4.73. The summed E-state index contributed by atoms with van der Waals surface area (Å²) in [5, 5.41) is 2.27. The van der Waals surface area contributed by atoms with Gasteiger partial charge in [-0.25, -0.2) is 0 Å². The van der Waals surface area contributed by atoms with E-state index in [1.807, 2.05) is 0 Å². The first-order valence-electron chi connectivity index (χ1n) is 8.27. The molecule has 0 saturated carbocycles. The van der Waals surface area contributed by atoms with Crippen molar-refractivity contribution in [1.29, 1.82) is 0 Å². The monoisotopic (exact) mass is 349 g/mol. The molecule has 0 bridgehead atoms. The van der Waals surface area contributed by atoms with Gasteiger partial charge in [0.05, 0.1) is 0 Å². The zero-order chi connectivity index (χ0) is 18.3. The van der Waals surface area contributed by atoms with E-state index >= 15 is 0 Å². The molecule has 3 amide bonds. The van der Waals surface area contributed by atoms with Crippen LogP contribution in [0, 0.1) is 0 Å². The fraction of sp³-hybridized carbons (Fsp3) is 0.211. The minimum Gasteiger partial charge on any atom is -0.322 e. The molecule has 2 aliphatic rings. The number of carbonyl (C=O) groups excluding carboxylic acids is 4. The molecule has 130 valence electrons. The van der Waals surface area contributed by atoms with Crippen molar-refractivity contribution >= 4 is 23.5 Å². The van der Waals surface area contributed by atoms with Crippen LogP contribution in [-0.2, 0) is 16.1 Å². The van der Waals surface area contributed by atoms with Crippen molar-refractivity contribution in [1.82, 2.24) is 15.2 Å². The molecule has 1 N–H and O–H groups in total. The lowest BCUT2D eigenvalue weighted by molar-refractivity contribution is -0.136. The van der Waals surface area contributed by atoms with Gasteiger partial charge >= 0.3 is 0 Å². The van der Waals surface area contributed by atoms with Crippen LogP contribution >= 0.6 is 0 Å². The lowest BCUT2D eigenvalue weighted by Crippen LogP contribution is -2.52. The molecule has 1 atom stereocenters. The van der Waals surface area contributed by atoms with Gasteiger partial charge in [-0.05, 0) is 36.2 Å². The van der Waals surface area contributed by atoms with Crippen molar-refractivity contribution in [3.05, 3.63) is 65.0 Å². The zero-order valence-electron chi connectivity index (χ0n) is 13.8. The number of hydrogen-bond acceptors (Lipinski definition) is 5. The Labute approximate surface area is 149 Å². The minimum absolute atomic E-state index is 0.151. The number of benzene rings is 1. The highest BCUT2D eigenvalue weighted by atomic mass is 16.2. The minimum atomic E-state index is -0.660. The van der Waals surface area contributed by atoms with Gasteiger partial charge in [0.25, 0.3) is 5.91 Å². The number of rotatable bonds is 3. The zero-order valence-corrected chi connectivity index (χ0v) is 13.8. The molecule has 0 spiro atoms. The normalized spacial score (nSPS) is 19.3. The lowest BCUT2D eigenvalue weighted by Gasteiger charge is -2.29. The molecule has 1 saturated heterocycles. The quantitative estimate of drug-likeness (QED) is 0.660. The summed E-state index contributed by atoms with van der Waals surface area (Å²) in [5.41, 5.74) is 2.19. The number of hydrogen-bond donors (Lipinski definition) is 1. The third kappa shape index (κ3) is 2.67. The lowest BCUT2D eigenvalue weighted by atomic mass is 10.00. The SMILES string of the molecule is O=C1CCC(N2Cc3cc(C(=O)c4ccncc4)ccc3C2=O)C(=O)N1. The van der Waals surface area contributed by atoms with Crippen molar-refractivity contribution in [3.63, 3.8) is 0 Å². The predicted octanol–water partition coefficient (Wildman–Crippen LogP) is 1.07. The number of pyridine rings is 1. The number of carbonyl (C=O) groups is 4. The maximum Gasteiger partial charge on any atom is 0.255 e. The van der Waals surface area contributed by atoms with Gasteiger partial charge < -0.3 is 4.90 Å². The molecule has 1 unspecified atom stereocenters. The Balaban J connectivity index is 1.60. The molecular weight excluding hydrogens is 334 g/mol. The highest BCUT2D eigenvalue weighted by molar-refractivity contribution is 6.10. The molecule has 1 aromatic heterocycles. The molecule has 3 heterocycles. The van der Waals surface area contributed by atoms with Crippen LogP contribution in [0.5, 0.6) is 0 Å². The Kier molecular flexibility index (Phi) is 3.84. The number of amides is 3. The Morgan fingerprint density at radius 1 is 1.08 bits per heavy atom. The number of aromatic nitrogens is 1. The summed E-state index contributed by atoms with van der Waals surface area (Å²) in [4.78, 5) is 53.9. The molecule has 2 aromatic rings. The Morgan fingerprint density at radius 2 is 1.85 bits per heavy atom. The van der Waals surface area contributed by atoms with E-state index in [4.69, 9.17) is 0 Å². The second kappa shape index (κ2) is 6.18. The Bertz CT molecular complexity index is 939. The Hall–Kier alpha value is -3.35. The molecule has 0 radical (unpaired) electrons. The van der Waals surface area contributed by atoms with Gasteiger partial charge in [-0.15, -0.1) is 0 Å². The molecule has 7 nitrogen and oxygen atoms in total. The number of ketones is 1. The van der Waals surface area contributed by atoms with E-state index in [0.29, 0.717) is 28.7 Å². The van der Waals surface area contributed by atoms with Crippen LogP contribution in [0.1, 0.15) is 44.7 Å². The molecule has 1 aromatic carbocycles. The van der Waals surface area contributed by atoms with Gasteiger partial charge in [-0.1, -0.05) is 6.07 Å². The second-order valence-electron chi connectivity index (χ2n) is 6.34. The molecule has 26 heavy (non-hydrogen) atoms. The van der Waals surface area contributed by atoms with E-state index in [9.17, 15) is 19.2 Å². The van der Waals surface area contributed by atoms with Crippen LogP contribution in [0.2, 0.25) is 0 Å². The van der Waals surface area contributed by atoms with E-state index < -0.39 is 11.9 Å². The summed E-state index contributed by atoms with van der Waals surface area (Å²) in [6, 6.07) is 7.55. The van der Waals surface area contributed by atoms with Gasteiger partial charge in [0, 0.05) is 42.0 Å². The van der Waals surface area contributed by atoms with Crippen LogP contribution in [-0.4, -0.2) is 39.4 Å². The van der Waals surface area contributed by atoms with E-state index in [2.05, 4.69) is 10.3 Å². The molecule has 7 heteroatoms. The summed E-state index contributed by atoms with van der Waals surface area (Å²) < 4.78 is 0. The molecule has 1 fully saturated rings. The van der Waals surface area contributed by atoms with Crippen LogP contribution in [0.3, 0.4) is 0 Å². The third-order valence-electron chi connectivity index (χ3n) is 4.73. The Morgan fingerprint density at radius 3 is 2.58 bits per heavy atom. The van der Waals surface area contributed by atoms with Crippen LogP contribution in [0.25, 0.3) is 0 Å². The molecule has 0 aliphatic carbocycles. The first-order valence-corrected chi connectivity index (χ1v) is 8.27. The van der Waals surface area contributed by atoms with E-state index in [1.165, 1.54) is 4.90 Å². The van der Waals surface area contributed by atoms with Gasteiger partial charge in [0.15, 0.2) is 5.78 Å². The molecular formula is C19H15N3O4. The molecule has 4 rings (SSSR count). The largest absolute Gasteiger partial charge is 0.322 e. The van der Waals surface area contributed by atoms with Gasteiger partial charge in [-0.3, -0.25) is 29.5 Å². The second-order valence-corrected chi connectivity index (χ2v) is 6.34. The first-order chi connectivity index (χ1) is 12.5. The van der Waals surface area contributed by atoms with E-state index in [0.717, 1.165) is 0 Å². The first kappa shape index (κ1) is 16.1. The van der Waals surface area contributed by atoms with Gasteiger partial charge in [0.1, 0.15) is 6.04 Å². The van der Waals surface area contributed by atoms with Gasteiger partial charge in [-0.2, -0.15) is 0 Å². The van der Waals surface area contributed by atoms with Crippen molar-refractivity contribution < 1.29 is 19.2 Å². The van der Waals surface area contributed by atoms with Gasteiger partial charge in [0.2, 0.25) is 11.8 Å². The maximum atomic E-state index is 12.6. The van der Waals surface area contributed by atoms with Crippen molar-refractivity contribution in [2.75, 3.05) is 0 Å². The average molecular weight is 349 g/mol. The van der Waals surface area contributed by atoms with Crippen LogP contribution < -0.4 is 5.32 Å². The topological polar surface area (TPSA) is 96.4 Å². The van der Waals surface area contributed by atoms with Crippen LogP contribution in [0.15, 0.2) is 42.7 Å². The number of piperidine rings is 1. The average Bonchev–Trinajstić information content (AvgIpc) is 2.98.